The smallest absolute Gasteiger partial charge is 0.321 e. The van der Waals surface area contributed by atoms with Crippen LogP contribution in [0.2, 0.25) is 10.0 Å². The summed E-state index contributed by atoms with van der Waals surface area (Å²) in [4.78, 5) is 13.9. The van der Waals surface area contributed by atoms with Crippen LogP contribution in [0.15, 0.2) is 48.5 Å². The molecule has 2 aromatic rings. The summed E-state index contributed by atoms with van der Waals surface area (Å²) in [6.45, 7) is 1.95. The van der Waals surface area contributed by atoms with Crippen LogP contribution in [0.3, 0.4) is 0 Å². The molecule has 0 saturated heterocycles. The average Bonchev–Trinajstić information content (AvgIpc) is 2.49. The highest BCUT2D eigenvalue weighted by Crippen LogP contribution is 2.24. The van der Waals surface area contributed by atoms with Gasteiger partial charge in [-0.2, -0.15) is 0 Å². The van der Waals surface area contributed by atoms with Crippen LogP contribution in [0.25, 0.3) is 0 Å². The number of hydrogen-bond acceptors (Lipinski definition) is 1. The van der Waals surface area contributed by atoms with Crippen LogP contribution in [0.5, 0.6) is 0 Å². The molecule has 2 rings (SSSR count). The van der Waals surface area contributed by atoms with Crippen LogP contribution >= 0.6 is 23.2 Å². The molecule has 0 radical (unpaired) electrons. The van der Waals surface area contributed by atoms with E-state index in [1.54, 1.807) is 24.1 Å². The molecule has 2 aromatic carbocycles. The molecule has 0 aliphatic heterocycles. The predicted molar refractivity (Wildman–Crippen MR) is 88.1 cm³/mol. The van der Waals surface area contributed by atoms with Gasteiger partial charge >= 0.3 is 6.03 Å². The molecule has 0 saturated carbocycles. The quantitative estimate of drug-likeness (QED) is 0.825. The zero-order valence-electron chi connectivity index (χ0n) is 11.8. The van der Waals surface area contributed by atoms with E-state index >= 15 is 0 Å². The number of carbonyl (C=O) groups excluding carboxylic acids is 1. The summed E-state index contributed by atoms with van der Waals surface area (Å²) in [5.74, 6) is 0. The Balaban J connectivity index is 2.08. The van der Waals surface area contributed by atoms with Crippen molar-refractivity contribution in [2.24, 2.45) is 0 Å². The van der Waals surface area contributed by atoms with Crippen LogP contribution in [-0.2, 0) is 0 Å². The zero-order valence-corrected chi connectivity index (χ0v) is 13.3. The zero-order chi connectivity index (χ0) is 15.4. The Hall–Kier alpha value is -1.71. The van der Waals surface area contributed by atoms with Crippen molar-refractivity contribution in [1.29, 1.82) is 0 Å². The maximum absolute atomic E-state index is 12.3. The Bertz CT molecular complexity index is 628. The number of nitrogens with zero attached hydrogens (tertiary/aromatic N) is 1. The van der Waals surface area contributed by atoms with E-state index in [1.807, 2.05) is 43.3 Å². The summed E-state index contributed by atoms with van der Waals surface area (Å²) in [6, 6.07) is 14.3. The van der Waals surface area contributed by atoms with Crippen LogP contribution in [-0.4, -0.2) is 18.0 Å². The molecule has 0 heterocycles. The number of urea groups is 1. The van der Waals surface area contributed by atoms with Gasteiger partial charge in [-0.25, -0.2) is 4.79 Å². The van der Waals surface area contributed by atoms with Crippen LogP contribution in [0.1, 0.15) is 18.5 Å². The summed E-state index contributed by atoms with van der Waals surface area (Å²) < 4.78 is 0. The fourth-order valence-electron chi connectivity index (χ4n) is 1.91. The van der Waals surface area contributed by atoms with Gasteiger partial charge in [0.25, 0.3) is 0 Å². The molecule has 0 aliphatic carbocycles. The van der Waals surface area contributed by atoms with Gasteiger partial charge in [0, 0.05) is 12.1 Å². The molecule has 0 aliphatic rings. The van der Waals surface area contributed by atoms with E-state index in [-0.39, 0.29) is 12.1 Å². The molecule has 0 fully saturated rings. The van der Waals surface area contributed by atoms with Gasteiger partial charge in [0.1, 0.15) is 0 Å². The number of nitrogens with one attached hydrogen (secondary N) is 1. The van der Waals surface area contributed by atoms with Crippen molar-refractivity contribution >= 4 is 34.9 Å². The first-order chi connectivity index (χ1) is 9.99. The van der Waals surface area contributed by atoms with Crippen molar-refractivity contribution in [3.63, 3.8) is 0 Å². The number of halogens is 2. The molecule has 0 unspecified atom stereocenters. The monoisotopic (exact) mass is 322 g/mol. The Morgan fingerprint density at radius 2 is 1.71 bits per heavy atom. The van der Waals surface area contributed by atoms with Crippen molar-refractivity contribution < 1.29 is 4.79 Å². The molecule has 5 heteroatoms. The molecule has 1 N–H and O–H groups in total. The van der Waals surface area contributed by atoms with Gasteiger partial charge in [-0.05, 0) is 36.8 Å². The van der Waals surface area contributed by atoms with E-state index in [0.717, 1.165) is 5.56 Å². The summed E-state index contributed by atoms with van der Waals surface area (Å²) in [5.41, 5.74) is 1.61. The third kappa shape index (κ3) is 3.90. The normalized spacial score (nSPS) is 11.8. The third-order valence-electron chi connectivity index (χ3n) is 3.37. The van der Waals surface area contributed by atoms with Crippen molar-refractivity contribution in [2.45, 2.75) is 13.0 Å². The fourth-order valence-corrected chi connectivity index (χ4v) is 2.22. The number of para-hydroxylation sites is 1. The molecular formula is C16H16Cl2N2O. The Morgan fingerprint density at radius 3 is 2.33 bits per heavy atom. The van der Waals surface area contributed by atoms with Crippen LogP contribution in [0.4, 0.5) is 10.5 Å². The van der Waals surface area contributed by atoms with Gasteiger partial charge in [-0.15, -0.1) is 0 Å². The highest BCUT2D eigenvalue weighted by Gasteiger charge is 2.18. The average molecular weight is 323 g/mol. The van der Waals surface area contributed by atoms with Crippen molar-refractivity contribution in [3.8, 4) is 0 Å². The summed E-state index contributed by atoms with van der Waals surface area (Å²) in [7, 11) is 1.74. The van der Waals surface area contributed by atoms with Gasteiger partial charge in [0.2, 0.25) is 0 Å². The highest BCUT2D eigenvalue weighted by molar-refractivity contribution is 6.33. The van der Waals surface area contributed by atoms with Gasteiger partial charge in [-0.3, -0.25) is 0 Å². The number of rotatable bonds is 3. The standard InChI is InChI=1S/C16H16Cl2N2O/c1-11(12-7-9-13(17)10-8-12)20(2)16(21)19-15-6-4-3-5-14(15)18/h3-11H,1-2H3,(H,19,21)/t11-/m0/s1. The van der Waals surface area contributed by atoms with E-state index in [2.05, 4.69) is 5.32 Å². The number of hydrogen-bond donors (Lipinski definition) is 1. The van der Waals surface area contributed by atoms with Crippen molar-refractivity contribution in [2.75, 3.05) is 12.4 Å². The largest absolute Gasteiger partial charge is 0.322 e. The Morgan fingerprint density at radius 1 is 1.10 bits per heavy atom. The third-order valence-corrected chi connectivity index (χ3v) is 3.95. The predicted octanol–water partition coefficient (Wildman–Crippen LogP) is 5.22. The van der Waals surface area contributed by atoms with Crippen LogP contribution < -0.4 is 5.32 Å². The van der Waals surface area contributed by atoms with Gasteiger partial charge in [-0.1, -0.05) is 47.5 Å². The lowest BCUT2D eigenvalue weighted by Crippen LogP contribution is -2.33. The number of carbonyl (C=O) groups is 1. The summed E-state index contributed by atoms with van der Waals surface area (Å²) in [6.07, 6.45) is 0. The second kappa shape index (κ2) is 6.83. The minimum Gasteiger partial charge on any atom is -0.321 e. The van der Waals surface area contributed by atoms with E-state index in [0.29, 0.717) is 15.7 Å². The lowest BCUT2D eigenvalue weighted by Gasteiger charge is -2.25. The molecule has 21 heavy (non-hydrogen) atoms. The molecular weight excluding hydrogens is 307 g/mol. The summed E-state index contributed by atoms with van der Waals surface area (Å²) >= 11 is 11.9. The maximum Gasteiger partial charge on any atom is 0.322 e. The lowest BCUT2D eigenvalue weighted by atomic mass is 10.1. The van der Waals surface area contributed by atoms with Gasteiger partial charge in [0.05, 0.1) is 16.8 Å². The first-order valence-corrected chi connectivity index (χ1v) is 7.28. The second-order valence-corrected chi connectivity index (χ2v) is 5.59. The molecule has 0 aromatic heterocycles. The minimum atomic E-state index is -0.217. The molecule has 2 amide bonds. The molecule has 3 nitrogen and oxygen atoms in total. The first-order valence-electron chi connectivity index (χ1n) is 6.53. The molecule has 110 valence electrons. The number of anilines is 1. The second-order valence-electron chi connectivity index (χ2n) is 4.75. The molecule has 1 atom stereocenters. The van der Waals surface area contributed by atoms with E-state index < -0.39 is 0 Å². The summed E-state index contributed by atoms with van der Waals surface area (Å²) in [5, 5.41) is 3.99. The van der Waals surface area contributed by atoms with Gasteiger partial charge < -0.3 is 10.2 Å². The Labute approximate surface area is 134 Å². The van der Waals surface area contributed by atoms with E-state index in [1.165, 1.54) is 0 Å². The lowest BCUT2D eigenvalue weighted by molar-refractivity contribution is 0.208. The first kappa shape index (κ1) is 15.7. The SMILES string of the molecule is C[C@@H](c1ccc(Cl)cc1)N(C)C(=O)Nc1ccccc1Cl. The molecule has 0 bridgehead atoms. The van der Waals surface area contributed by atoms with E-state index in [9.17, 15) is 4.79 Å². The maximum atomic E-state index is 12.3. The topological polar surface area (TPSA) is 32.3 Å². The van der Waals surface area contributed by atoms with Crippen molar-refractivity contribution in [1.82, 2.24) is 4.90 Å². The Kier molecular flexibility index (Phi) is 5.10. The van der Waals surface area contributed by atoms with Crippen molar-refractivity contribution in [3.05, 3.63) is 64.1 Å². The number of benzene rings is 2. The van der Waals surface area contributed by atoms with Gasteiger partial charge in [0.15, 0.2) is 0 Å². The van der Waals surface area contributed by atoms with E-state index in [4.69, 9.17) is 23.2 Å². The highest BCUT2D eigenvalue weighted by atomic mass is 35.5. The fraction of sp³-hybridized carbons (Fsp3) is 0.188. The van der Waals surface area contributed by atoms with Crippen LogP contribution in [0, 0.1) is 0 Å². The number of amides is 2. The minimum absolute atomic E-state index is 0.0789. The molecule has 0 spiro atoms.